The van der Waals surface area contributed by atoms with E-state index in [-0.39, 0.29) is 18.5 Å². The summed E-state index contributed by atoms with van der Waals surface area (Å²) in [6, 6.07) is 12.6. The number of aliphatic hydroxyl groups is 1. The maximum absolute atomic E-state index is 14.1. The molecule has 1 aromatic carbocycles. The van der Waals surface area contributed by atoms with Crippen molar-refractivity contribution in [1.82, 2.24) is 20.9 Å². The number of nitrogens with zero attached hydrogens (tertiary/aromatic N) is 1. The lowest BCUT2D eigenvalue weighted by Gasteiger charge is -2.44. The number of aliphatic hydroxyl groups excluding tert-OH is 1. The van der Waals surface area contributed by atoms with E-state index in [4.69, 9.17) is 4.74 Å². The van der Waals surface area contributed by atoms with E-state index in [1.165, 1.54) is 19.2 Å². The number of amides is 2. The van der Waals surface area contributed by atoms with Crippen molar-refractivity contribution in [1.29, 1.82) is 0 Å². The predicted molar refractivity (Wildman–Crippen MR) is 141 cm³/mol. The molecule has 4 N–H and O–H groups in total. The molecule has 8 nitrogen and oxygen atoms in total. The van der Waals surface area contributed by atoms with Crippen LogP contribution in [-0.4, -0.2) is 73.6 Å². The molecule has 12 heteroatoms. The fraction of sp³-hybridized carbons (Fsp3) is 0.556. The van der Waals surface area contributed by atoms with Gasteiger partial charge in [-0.3, -0.25) is 14.9 Å². The number of alkyl halides is 3. The summed E-state index contributed by atoms with van der Waals surface area (Å²) in [6.45, 7) is 1.35. The van der Waals surface area contributed by atoms with Crippen LogP contribution in [-0.2, 0) is 14.9 Å². The Balaban J connectivity index is 1.43. The minimum Gasteiger partial charge on any atom is -0.377 e. The average molecular weight is 569 g/mol. The lowest BCUT2D eigenvalue weighted by Crippen LogP contribution is -2.58. The highest BCUT2D eigenvalue weighted by molar-refractivity contribution is 7.14. The van der Waals surface area contributed by atoms with Gasteiger partial charge in [-0.2, -0.15) is 13.2 Å². The van der Waals surface area contributed by atoms with Crippen LogP contribution in [0.15, 0.2) is 42.5 Å². The molecule has 214 valence electrons. The van der Waals surface area contributed by atoms with Crippen molar-refractivity contribution in [3.63, 3.8) is 0 Å². The summed E-state index contributed by atoms with van der Waals surface area (Å²) in [5, 5.41) is 17.0. The van der Waals surface area contributed by atoms with Gasteiger partial charge in [-0.15, -0.1) is 11.3 Å². The van der Waals surface area contributed by atoms with Crippen molar-refractivity contribution < 1.29 is 32.6 Å². The second kappa shape index (κ2) is 12.8. The first-order valence-electron chi connectivity index (χ1n) is 13.2. The van der Waals surface area contributed by atoms with E-state index < -0.39 is 29.9 Å². The van der Waals surface area contributed by atoms with Crippen molar-refractivity contribution >= 4 is 23.2 Å². The molecular weight excluding hydrogens is 533 g/mol. The van der Waals surface area contributed by atoms with Gasteiger partial charge in [-0.25, -0.2) is 0 Å². The molecule has 2 heterocycles. The van der Waals surface area contributed by atoms with E-state index in [2.05, 4.69) is 16.0 Å². The number of carbonyl (C=O) groups excluding carboxylic acids is 2. The number of morpholine rings is 1. The maximum atomic E-state index is 14.1. The van der Waals surface area contributed by atoms with Crippen LogP contribution in [0.5, 0.6) is 0 Å². The van der Waals surface area contributed by atoms with Crippen LogP contribution >= 0.6 is 11.3 Å². The summed E-state index contributed by atoms with van der Waals surface area (Å²) in [6.07, 6.45) is -3.90. The summed E-state index contributed by atoms with van der Waals surface area (Å²) in [7, 11) is 1.45. The number of carbonyl (C=O) groups is 2. The van der Waals surface area contributed by atoms with Gasteiger partial charge in [0.05, 0.1) is 35.7 Å². The molecule has 39 heavy (non-hydrogen) atoms. The molecule has 1 aromatic heterocycles. The molecule has 3 atom stereocenters. The SMILES string of the molecule is CNC(NC(O)C(F)(F)F)c1ccc(C(=O)NCC2COCCN2C(=O)C2(c3ccccc3)CCCCC2)s1. The number of benzene rings is 1. The van der Waals surface area contributed by atoms with Crippen molar-refractivity contribution in [2.75, 3.05) is 33.4 Å². The second-order valence-electron chi connectivity index (χ2n) is 9.98. The molecule has 0 bridgehead atoms. The normalized spacial score (nSPS) is 21.3. The van der Waals surface area contributed by atoms with E-state index in [0.717, 1.165) is 49.0 Å². The van der Waals surface area contributed by atoms with Gasteiger partial charge in [0.15, 0.2) is 0 Å². The fourth-order valence-electron chi connectivity index (χ4n) is 5.39. The highest BCUT2D eigenvalue weighted by Gasteiger charge is 2.45. The van der Waals surface area contributed by atoms with E-state index in [0.29, 0.717) is 29.5 Å². The Morgan fingerprint density at radius 2 is 1.87 bits per heavy atom. The zero-order chi connectivity index (χ0) is 28.0. The smallest absolute Gasteiger partial charge is 0.377 e. The van der Waals surface area contributed by atoms with Crippen LogP contribution in [0, 0.1) is 0 Å². The zero-order valence-electron chi connectivity index (χ0n) is 21.8. The topological polar surface area (TPSA) is 103 Å². The van der Waals surface area contributed by atoms with E-state index >= 15 is 0 Å². The van der Waals surface area contributed by atoms with Gasteiger partial charge in [0, 0.05) is 18.0 Å². The minimum absolute atomic E-state index is 0.0699. The third kappa shape index (κ3) is 6.80. The second-order valence-corrected chi connectivity index (χ2v) is 11.1. The lowest BCUT2D eigenvalue weighted by molar-refractivity contribution is -0.216. The highest BCUT2D eigenvalue weighted by atomic mass is 32.1. The van der Waals surface area contributed by atoms with Crippen molar-refractivity contribution in [3.05, 3.63) is 57.8 Å². The van der Waals surface area contributed by atoms with Gasteiger partial charge < -0.3 is 25.4 Å². The molecule has 1 saturated carbocycles. The van der Waals surface area contributed by atoms with Gasteiger partial charge >= 0.3 is 6.18 Å². The Bertz CT molecular complexity index is 1110. The summed E-state index contributed by atoms with van der Waals surface area (Å²) in [4.78, 5) is 29.6. The first kappa shape index (κ1) is 29.5. The van der Waals surface area contributed by atoms with Gasteiger partial charge in [0.2, 0.25) is 12.1 Å². The first-order chi connectivity index (χ1) is 18.7. The predicted octanol–water partition coefficient (Wildman–Crippen LogP) is 3.30. The third-order valence-electron chi connectivity index (χ3n) is 7.49. The molecule has 1 aliphatic carbocycles. The van der Waals surface area contributed by atoms with E-state index in [9.17, 15) is 27.9 Å². The molecule has 0 spiro atoms. The summed E-state index contributed by atoms with van der Waals surface area (Å²) < 4.78 is 43.9. The maximum Gasteiger partial charge on any atom is 0.428 e. The Labute approximate surface area is 229 Å². The largest absolute Gasteiger partial charge is 0.428 e. The first-order valence-corrected chi connectivity index (χ1v) is 14.0. The monoisotopic (exact) mass is 568 g/mol. The number of nitrogens with one attached hydrogen (secondary N) is 3. The number of halogens is 3. The number of rotatable bonds is 9. The van der Waals surface area contributed by atoms with Gasteiger partial charge in [-0.1, -0.05) is 49.6 Å². The van der Waals surface area contributed by atoms with Crippen LogP contribution in [0.25, 0.3) is 0 Å². The molecule has 2 fully saturated rings. The number of thiophene rings is 1. The Hall–Kier alpha value is -2.51. The molecular formula is C27H35F3N4O4S. The third-order valence-corrected chi connectivity index (χ3v) is 8.64. The quantitative estimate of drug-likeness (QED) is 0.347. The number of hydrogen-bond donors (Lipinski definition) is 4. The van der Waals surface area contributed by atoms with Crippen molar-refractivity contribution in [3.8, 4) is 0 Å². The zero-order valence-corrected chi connectivity index (χ0v) is 22.6. The molecule has 4 rings (SSSR count). The molecule has 1 saturated heterocycles. The standard InChI is InChI=1S/C27H35F3N4O4S/c1-31-22(33-24(36)27(28,29)30)20-10-11-21(39-20)23(35)32-16-19-17-38-15-14-34(19)25(37)26(12-6-3-7-13-26)18-8-4-2-5-9-18/h2,4-5,8-11,19,22,24,31,33,36H,3,6-7,12-17H2,1H3,(H,32,35). The minimum atomic E-state index is -4.82. The molecule has 2 aromatic rings. The lowest BCUT2D eigenvalue weighted by atomic mass is 9.68. The Morgan fingerprint density at radius 1 is 1.15 bits per heavy atom. The average Bonchev–Trinajstić information content (AvgIpc) is 3.45. The van der Waals surface area contributed by atoms with Crippen molar-refractivity contribution in [2.45, 2.75) is 62.1 Å². The molecule has 2 aliphatic rings. The summed E-state index contributed by atoms with van der Waals surface area (Å²) in [5.74, 6) is -0.327. The summed E-state index contributed by atoms with van der Waals surface area (Å²) >= 11 is 1.01. The molecule has 0 radical (unpaired) electrons. The van der Waals surface area contributed by atoms with Crippen LogP contribution in [0.3, 0.4) is 0 Å². The van der Waals surface area contributed by atoms with Crippen LogP contribution < -0.4 is 16.0 Å². The number of ether oxygens (including phenoxy) is 1. The summed E-state index contributed by atoms with van der Waals surface area (Å²) in [5.41, 5.74) is 0.441. The van der Waals surface area contributed by atoms with E-state index in [1.54, 1.807) is 0 Å². The van der Waals surface area contributed by atoms with Crippen LogP contribution in [0.1, 0.15) is 58.4 Å². The Morgan fingerprint density at radius 3 is 2.54 bits per heavy atom. The fourth-order valence-corrected chi connectivity index (χ4v) is 6.39. The van der Waals surface area contributed by atoms with Gasteiger partial charge in [0.25, 0.3) is 5.91 Å². The van der Waals surface area contributed by atoms with Gasteiger partial charge in [-0.05, 0) is 37.6 Å². The molecule has 1 aliphatic heterocycles. The van der Waals surface area contributed by atoms with Crippen LogP contribution in [0.2, 0.25) is 0 Å². The van der Waals surface area contributed by atoms with Crippen LogP contribution in [0.4, 0.5) is 13.2 Å². The highest BCUT2D eigenvalue weighted by Crippen LogP contribution is 2.41. The van der Waals surface area contributed by atoms with Gasteiger partial charge in [0.1, 0.15) is 0 Å². The van der Waals surface area contributed by atoms with Crippen molar-refractivity contribution in [2.24, 2.45) is 0 Å². The number of hydrogen-bond acceptors (Lipinski definition) is 7. The molecule has 2 amide bonds. The molecule has 3 unspecified atom stereocenters. The Kier molecular flexibility index (Phi) is 9.65. The van der Waals surface area contributed by atoms with E-state index in [1.807, 2.05) is 35.2 Å².